The van der Waals surface area contributed by atoms with Crippen molar-refractivity contribution in [3.63, 3.8) is 0 Å². The summed E-state index contributed by atoms with van der Waals surface area (Å²) in [6.45, 7) is 17.3. The van der Waals surface area contributed by atoms with E-state index in [4.69, 9.17) is 0 Å². The van der Waals surface area contributed by atoms with Crippen LogP contribution in [0.2, 0.25) is 0 Å². The number of fused-ring (bicyclic) bond motifs is 6. The Morgan fingerprint density at radius 3 is 0.770 bits per heavy atom. The summed E-state index contributed by atoms with van der Waals surface area (Å²) in [6.07, 6.45) is 0. The molecule has 0 saturated heterocycles. The molecular weight excluding hydrogens is 897 g/mol. The number of hydrogen-bond acceptors (Lipinski definition) is 2. The zero-order chi connectivity index (χ0) is 51.1. The average Bonchev–Trinajstić information content (AvgIpc) is 3.90. The maximum atomic E-state index is 11.0. The lowest BCUT2D eigenvalue weighted by atomic mass is 9.95. The third kappa shape index (κ3) is 7.67. The van der Waals surface area contributed by atoms with Crippen molar-refractivity contribution in [2.75, 3.05) is 0 Å². The van der Waals surface area contributed by atoms with Crippen LogP contribution in [0, 0.1) is 78.1 Å². The molecule has 0 amide bonds. The minimum atomic E-state index is 0.496. The Kier molecular flexibility index (Phi) is 11.0. The van der Waals surface area contributed by atoms with Crippen molar-refractivity contribution in [2.24, 2.45) is 0 Å². The summed E-state index contributed by atoms with van der Waals surface area (Å²) < 4.78 is 4.56. The number of aryl methyl sites for hydroxylation is 8. The monoisotopic (exact) mass is 950 g/mol. The SMILES string of the molecule is Cc1ccc(-c2ccc3c(c2)c2cc(-c4ccc(C)cc4C)ccc2n3-c2ccc(-c3ccc(-n4c5ccc(-c6ccc(C)cc6C)cc5c5cc(-c6ccc(C)cc6C)ccc54)cc3C#N)c(C#N)c2)c(C)c1. The van der Waals surface area contributed by atoms with Crippen molar-refractivity contribution < 1.29 is 0 Å². The first-order chi connectivity index (χ1) is 35.8. The van der Waals surface area contributed by atoms with Crippen molar-refractivity contribution in [1.29, 1.82) is 10.5 Å². The maximum Gasteiger partial charge on any atom is 0.0998 e. The summed E-state index contributed by atoms with van der Waals surface area (Å²) in [6, 6.07) is 70.9. The van der Waals surface area contributed by atoms with Gasteiger partial charge < -0.3 is 9.13 Å². The molecule has 2 aromatic heterocycles. The second kappa shape index (κ2) is 17.8. The molecule has 74 heavy (non-hydrogen) atoms. The Bertz CT molecular complexity index is 3920. The predicted molar refractivity (Wildman–Crippen MR) is 310 cm³/mol. The van der Waals surface area contributed by atoms with E-state index in [1.165, 1.54) is 66.8 Å². The van der Waals surface area contributed by atoms with Crippen LogP contribution in [-0.4, -0.2) is 9.13 Å². The van der Waals surface area contributed by atoms with Crippen molar-refractivity contribution in [3.8, 4) is 79.1 Å². The first-order valence-electron chi connectivity index (χ1n) is 25.4. The fourth-order valence-corrected chi connectivity index (χ4v) is 11.8. The van der Waals surface area contributed by atoms with Gasteiger partial charge in [0.25, 0.3) is 0 Å². The molecule has 4 heteroatoms. The summed E-state index contributed by atoms with van der Waals surface area (Å²) in [5.41, 5.74) is 27.8. The van der Waals surface area contributed by atoms with E-state index in [0.29, 0.717) is 22.3 Å². The number of rotatable bonds is 7. The zero-order valence-electron chi connectivity index (χ0n) is 43.1. The van der Waals surface area contributed by atoms with Crippen molar-refractivity contribution in [3.05, 3.63) is 238 Å². The van der Waals surface area contributed by atoms with Crippen LogP contribution >= 0.6 is 0 Å². The van der Waals surface area contributed by atoms with E-state index < -0.39 is 0 Å². The minimum absolute atomic E-state index is 0.496. The lowest BCUT2D eigenvalue weighted by Crippen LogP contribution is -1.99. The van der Waals surface area contributed by atoms with Gasteiger partial charge in [-0.05, 0) is 195 Å². The molecule has 4 nitrogen and oxygen atoms in total. The van der Waals surface area contributed by atoms with Gasteiger partial charge in [-0.25, -0.2) is 0 Å². The number of nitriles is 2. The van der Waals surface area contributed by atoms with E-state index >= 15 is 0 Å². The fourth-order valence-electron chi connectivity index (χ4n) is 11.8. The molecular formula is C70H54N4. The number of aromatic nitrogens is 2. The van der Waals surface area contributed by atoms with Crippen LogP contribution in [0.5, 0.6) is 0 Å². The molecule has 12 rings (SSSR count). The lowest BCUT2D eigenvalue weighted by Gasteiger charge is -2.14. The summed E-state index contributed by atoms with van der Waals surface area (Å²) in [5.74, 6) is 0. The molecule has 0 radical (unpaired) electrons. The summed E-state index contributed by atoms with van der Waals surface area (Å²) in [4.78, 5) is 0. The number of hydrogen-bond donors (Lipinski definition) is 0. The topological polar surface area (TPSA) is 57.4 Å². The third-order valence-corrected chi connectivity index (χ3v) is 15.4. The van der Waals surface area contributed by atoms with E-state index in [1.54, 1.807) is 0 Å². The van der Waals surface area contributed by atoms with Gasteiger partial charge in [0.2, 0.25) is 0 Å². The molecule has 12 aromatic rings. The molecule has 354 valence electrons. The standard InChI is InChI=1S/C70H54N4/c1-41-9-19-57(45(5)29-41)49-13-25-67-63(35-49)64-36-50(58-20-10-42(2)30-46(58)6)14-26-68(64)73(67)55-17-23-61(53(33-55)39-71)62-24-18-56(34-54(62)40-72)74-69-27-15-51(59-21-11-43(3)31-47(59)7)37-65(69)66-38-52(16-28-70(66)74)60-22-12-44(4)32-48(60)8/h9-38H,1-8H3. The Morgan fingerprint density at radius 2 is 0.527 bits per heavy atom. The summed E-state index contributed by atoms with van der Waals surface area (Å²) in [7, 11) is 0. The smallest absolute Gasteiger partial charge is 0.0998 e. The van der Waals surface area contributed by atoms with Crippen molar-refractivity contribution >= 4 is 43.6 Å². The molecule has 0 aliphatic heterocycles. The van der Waals surface area contributed by atoms with Gasteiger partial charge in [-0.2, -0.15) is 10.5 Å². The van der Waals surface area contributed by atoms with E-state index in [1.807, 2.05) is 24.3 Å². The Labute approximate surface area is 433 Å². The first kappa shape index (κ1) is 45.9. The van der Waals surface area contributed by atoms with Gasteiger partial charge in [0.05, 0.1) is 45.3 Å². The lowest BCUT2D eigenvalue weighted by molar-refractivity contribution is 1.17. The van der Waals surface area contributed by atoms with Crippen LogP contribution in [0.15, 0.2) is 182 Å². The summed E-state index contributed by atoms with van der Waals surface area (Å²) in [5, 5.41) is 26.5. The van der Waals surface area contributed by atoms with Gasteiger partial charge in [0, 0.05) is 44.0 Å². The van der Waals surface area contributed by atoms with E-state index in [2.05, 4.69) is 234 Å². The highest BCUT2D eigenvalue weighted by Gasteiger charge is 2.21. The van der Waals surface area contributed by atoms with Gasteiger partial charge >= 0.3 is 0 Å². The molecule has 0 spiro atoms. The zero-order valence-corrected chi connectivity index (χ0v) is 43.1. The van der Waals surface area contributed by atoms with E-state index in [0.717, 1.165) is 77.2 Å². The minimum Gasteiger partial charge on any atom is -0.309 e. The first-order valence-corrected chi connectivity index (χ1v) is 25.4. The number of benzene rings is 10. The Hall–Kier alpha value is -9.22. The third-order valence-electron chi connectivity index (χ3n) is 15.4. The largest absolute Gasteiger partial charge is 0.309 e. The quantitative estimate of drug-likeness (QED) is 0.160. The van der Waals surface area contributed by atoms with Gasteiger partial charge in [-0.1, -0.05) is 131 Å². The second-order valence-corrected chi connectivity index (χ2v) is 20.6. The fraction of sp³-hybridized carbons (Fsp3) is 0.114. The van der Waals surface area contributed by atoms with Crippen LogP contribution < -0.4 is 0 Å². The Morgan fingerprint density at radius 1 is 0.270 bits per heavy atom. The van der Waals surface area contributed by atoms with Crippen LogP contribution in [0.1, 0.15) is 55.6 Å². The molecule has 0 fully saturated rings. The van der Waals surface area contributed by atoms with Crippen LogP contribution in [0.4, 0.5) is 0 Å². The van der Waals surface area contributed by atoms with Gasteiger partial charge in [-0.15, -0.1) is 0 Å². The molecule has 0 aliphatic carbocycles. The molecule has 0 bridgehead atoms. The molecule has 10 aromatic carbocycles. The molecule has 0 N–H and O–H groups in total. The normalized spacial score (nSPS) is 11.5. The van der Waals surface area contributed by atoms with Crippen LogP contribution in [-0.2, 0) is 0 Å². The average molecular weight is 951 g/mol. The highest BCUT2D eigenvalue weighted by molar-refractivity contribution is 6.13. The maximum absolute atomic E-state index is 11.0. The second-order valence-electron chi connectivity index (χ2n) is 20.6. The van der Waals surface area contributed by atoms with Gasteiger partial charge in [0.15, 0.2) is 0 Å². The molecule has 2 heterocycles. The Balaban J connectivity index is 0.992. The van der Waals surface area contributed by atoms with Gasteiger partial charge in [0.1, 0.15) is 0 Å². The van der Waals surface area contributed by atoms with Gasteiger partial charge in [-0.3, -0.25) is 0 Å². The molecule has 0 saturated carbocycles. The molecule has 0 aliphatic rings. The van der Waals surface area contributed by atoms with Crippen LogP contribution in [0.25, 0.3) is 111 Å². The highest BCUT2D eigenvalue weighted by atomic mass is 15.0. The highest BCUT2D eigenvalue weighted by Crippen LogP contribution is 2.42. The summed E-state index contributed by atoms with van der Waals surface area (Å²) >= 11 is 0. The van der Waals surface area contributed by atoms with Crippen LogP contribution in [0.3, 0.4) is 0 Å². The molecule has 0 unspecified atom stereocenters. The van der Waals surface area contributed by atoms with E-state index in [-0.39, 0.29) is 0 Å². The predicted octanol–water partition coefficient (Wildman–Crippen LogP) is 18.4. The van der Waals surface area contributed by atoms with Crippen molar-refractivity contribution in [2.45, 2.75) is 55.4 Å². The molecule has 0 atom stereocenters. The van der Waals surface area contributed by atoms with Crippen molar-refractivity contribution in [1.82, 2.24) is 9.13 Å². The van der Waals surface area contributed by atoms with E-state index in [9.17, 15) is 10.5 Å². The number of nitrogens with zero attached hydrogens (tertiary/aromatic N) is 4.